The van der Waals surface area contributed by atoms with Crippen molar-refractivity contribution in [2.24, 2.45) is 11.8 Å². The molecule has 0 heteroatoms. The summed E-state index contributed by atoms with van der Waals surface area (Å²) in [5.74, 6) is 1.58. The lowest BCUT2D eigenvalue weighted by Gasteiger charge is -2.29. The molecule has 84 valence electrons. The average Bonchev–Trinajstić information content (AvgIpc) is 2.18. The number of hydrogen-bond acceptors (Lipinski definition) is 0. The molecule has 1 unspecified atom stereocenters. The van der Waals surface area contributed by atoms with Gasteiger partial charge >= 0.3 is 0 Å². The van der Waals surface area contributed by atoms with Gasteiger partial charge in [-0.2, -0.15) is 0 Å². The normalized spacial score (nSPS) is 17.9. The fourth-order valence-electron chi connectivity index (χ4n) is 2.16. The minimum Gasteiger partial charge on any atom is -0.103 e. The molecule has 0 heterocycles. The second-order valence-corrected chi connectivity index (χ2v) is 4.89. The van der Waals surface area contributed by atoms with Crippen molar-refractivity contribution in [1.82, 2.24) is 0 Å². The van der Waals surface area contributed by atoms with Crippen LogP contribution >= 0.6 is 0 Å². The van der Waals surface area contributed by atoms with Crippen LogP contribution in [-0.4, -0.2) is 0 Å². The van der Waals surface area contributed by atoms with Crippen molar-refractivity contribution < 1.29 is 0 Å². The van der Waals surface area contributed by atoms with Gasteiger partial charge in [0.1, 0.15) is 0 Å². The summed E-state index contributed by atoms with van der Waals surface area (Å²) >= 11 is 0. The van der Waals surface area contributed by atoms with Gasteiger partial charge < -0.3 is 0 Å². The minimum absolute atomic E-state index is 0.618. The standard InChI is InChI=1S/C15H24/c1-5-6-8-12(2)14(4)13(3)11-15-9-7-10-15/h5,13,15H,1-2,4,6-11H2,3H3. The number of hydrogen-bond donors (Lipinski definition) is 0. The molecule has 1 rings (SSSR count). The van der Waals surface area contributed by atoms with Crippen LogP contribution < -0.4 is 0 Å². The lowest BCUT2D eigenvalue weighted by Crippen LogP contribution is -2.15. The van der Waals surface area contributed by atoms with E-state index in [2.05, 4.69) is 26.7 Å². The molecular weight excluding hydrogens is 180 g/mol. The van der Waals surface area contributed by atoms with Gasteiger partial charge in [0.25, 0.3) is 0 Å². The first-order valence-corrected chi connectivity index (χ1v) is 6.13. The molecule has 1 fully saturated rings. The highest BCUT2D eigenvalue weighted by molar-refractivity contribution is 5.27. The zero-order chi connectivity index (χ0) is 11.3. The first kappa shape index (κ1) is 12.3. The highest BCUT2D eigenvalue weighted by atomic mass is 14.3. The van der Waals surface area contributed by atoms with Gasteiger partial charge in [0.05, 0.1) is 0 Å². The van der Waals surface area contributed by atoms with Gasteiger partial charge in [-0.15, -0.1) is 6.58 Å². The number of allylic oxidation sites excluding steroid dienone is 3. The molecule has 0 radical (unpaired) electrons. The molecule has 0 N–H and O–H groups in total. The Morgan fingerprint density at radius 2 is 2.07 bits per heavy atom. The molecule has 0 saturated heterocycles. The van der Waals surface area contributed by atoms with Gasteiger partial charge in [-0.1, -0.05) is 51.0 Å². The Morgan fingerprint density at radius 3 is 2.53 bits per heavy atom. The van der Waals surface area contributed by atoms with Crippen molar-refractivity contribution in [2.45, 2.75) is 45.4 Å². The first-order valence-electron chi connectivity index (χ1n) is 6.13. The van der Waals surface area contributed by atoms with E-state index < -0.39 is 0 Å². The van der Waals surface area contributed by atoms with Crippen molar-refractivity contribution in [2.75, 3.05) is 0 Å². The molecule has 0 aromatic carbocycles. The van der Waals surface area contributed by atoms with E-state index in [4.69, 9.17) is 0 Å². The topological polar surface area (TPSA) is 0 Å². The average molecular weight is 204 g/mol. The van der Waals surface area contributed by atoms with Gasteiger partial charge in [0, 0.05) is 0 Å². The quantitative estimate of drug-likeness (QED) is 0.409. The minimum atomic E-state index is 0.618. The highest BCUT2D eigenvalue weighted by Crippen LogP contribution is 2.35. The summed E-state index contributed by atoms with van der Waals surface area (Å²) in [6, 6.07) is 0. The van der Waals surface area contributed by atoms with Gasteiger partial charge in [0.15, 0.2) is 0 Å². The van der Waals surface area contributed by atoms with Crippen LogP contribution in [0.3, 0.4) is 0 Å². The molecule has 0 amide bonds. The van der Waals surface area contributed by atoms with Crippen LogP contribution in [0.5, 0.6) is 0 Å². The molecule has 1 saturated carbocycles. The molecule has 1 atom stereocenters. The van der Waals surface area contributed by atoms with Gasteiger partial charge in [-0.3, -0.25) is 0 Å². The Labute approximate surface area is 94.8 Å². The van der Waals surface area contributed by atoms with Crippen LogP contribution in [0.2, 0.25) is 0 Å². The summed E-state index contributed by atoms with van der Waals surface area (Å²) in [5.41, 5.74) is 2.49. The van der Waals surface area contributed by atoms with Crippen LogP contribution in [0.1, 0.15) is 45.4 Å². The van der Waals surface area contributed by atoms with Gasteiger partial charge in [0.2, 0.25) is 0 Å². The molecule has 0 bridgehead atoms. The third-order valence-electron chi connectivity index (χ3n) is 3.61. The van der Waals surface area contributed by atoms with Crippen LogP contribution in [-0.2, 0) is 0 Å². The predicted octanol–water partition coefficient (Wildman–Crippen LogP) is 4.89. The maximum Gasteiger partial charge on any atom is -0.0191 e. The Balaban J connectivity index is 2.30. The third kappa shape index (κ3) is 3.70. The molecule has 0 nitrogen and oxygen atoms in total. The smallest absolute Gasteiger partial charge is 0.0191 e. The highest BCUT2D eigenvalue weighted by Gasteiger charge is 2.21. The van der Waals surface area contributed by atoms with E-state index in [1.807, 2.05) is 6.08 Å². The van der Waals surface area contributed by atoms with E-state index in [9.17, 15) is 0 Å². The Morgan fingerprint density at radius 1 is 1.40 bits per heavy atom. The lowest BCUT2D eigenvalue weighted by atomic mass is 9.77. The molecule has 1 aliphatic carbocycles. The molecule has 0 aromatic rings. The Bertz CT molecular complexity index is 243. The van der Waals surface area contributed by atoms with Crippen LogP contribution in [0.15, 0.2) is 37.0 Å². The SMILES string of the molecule is C=CCCC(=C)C(=C)C(C)CC1CCC1. The second kappa shape index (κ2) is 5.95. The van der Waals surface area contributed by atoms with E-state index in [1.54, 1.807) is 0 Å². The van der Waals surface area contributed by atoms with E-state index in [0.29, 0.717) is 5.92 Å². The zero-order valence-corrected chi connectivity index (χ0v) is 10.1. The maximum absolute atomic E-state index is 4.19. The first-order chi connectivity index (χ1) is 7.15. The van der Waals surface area contributed by atoms with Crippen molar-refractivity contribution in [3.63, 3.8) is 0 Å². The summed E-state index contributed by atoms with van der Waals surface area (Å²) in [4.78, 5) is 0. The molecule has 0 aliphatic heterocycles. The molecule has 15 heavy (non-hydrogen) atoms. The fraction of sp³-hybridized carbons (Fsp3) is 0.600. The van der Waals surface area contributed by atoms with Gasteiger partial charge in [-0.05, 0) is 36.7 Å². The fourth-order valence-corrected chi connectivity index (χ4v) is 2.16. The van der Waals surface area contributed by atoms with Crippen LogP contribution in [0.4, 0.5) is 0 Å². The Hall–Kier alpha value is -0.780. The zero-order valence-electron chi connectivity index (χ0n) is 10.1. The predicted molar refractivity (Wildman–Crippen MR) is 68.8 cm³/mol. The van der Waals surface area contributed by atoms with Crippen molar-refractivity contribution in [3.8, 4) is 0 Å². The summed E-state index contributed by atoms with van der Waals surface area (Å²) in [6.45, 7) is 14.3. The third-order valence-corrected chi connectivity index (χ3v) is 3.61. The summed E-state index contributed by atoms with van der Waals surface area (Å²) in [7, 11) is 0. The summed E-state index contributed by atoms with van der Waals surface area (Å²) in [5, 5.41) is 0. The van der Waals surface area contributed by atoms with Crippen molar-refractivity contribution in [3.05, 3.63) is 37.0 Å². The largest absolute Gasteiger partial charge is 0.103 e. The summed E-state index contributed by atoms with van der Waals surface area (Å²) < 4.78 is 0. The van der Waals surface area contributed by atoms with Crippen molar-refractivity contribution in [1.29, 1.82) is 0 Å². The monoisotopic (exact) mass is 204 g/mol. The molecule has 1 aliphatic rings. The maximum atomic E-state index is 4.19. The lowest BCUT2D eigenvalue weighted by molar-refractivity contribution is 0.270. The Kier molecular flexibility index (Phi) is 4.87. The van der Waals surface area contributed by atoms with Crippen LogP contribution in [0, 0.1) is 11.8 Å². The molecular formula is C15H24. The second-order valence-electron chi connectivity index (χ2n) is 4.89. The summed E-state index contributed by atoms with van der Waals surface area (Å²) in [6.07, 6.45) is 9.60. The van der Waals surface area contributed by atoms with Crippen LogP contribution in [0.25, 0.3) is 0 Å². The van der Waals surface area contributed by atoms with E-state index >= 15 is 0 Å². The molecule has 0 aromatic heterocycles. The van der Waals surface area contributed by atoms with E-state index in [1.165, 1.54) is 36.8 Å². The number of rotatable bonds is 7. The van der Waals surface area contributed by atoms with E-state index in [0.717, 1.165) is 18.8 Å². The van der Waals surface area contributed by atoms with E-state index in [-0.39, 0.29) is 0 Å². The van der Waals surface area contributed by atoms with Crippen molar-refractivity contribution >= 4 is 0 Å². The van der Waals surface area contributed by atoms with Gasteiger partial charge in [-0.25, -0.2) is 0 Å². The molecule has 0 spiro atoms.